The van der Waals surface area contributed by atoms with Crippen LogP contribution in [0.2, 0.25) is 0 Å². The molecule has 128 valence electrons. The summed E-state index contributed by atoms with van der Waals surface area (Å²) in [4.78, 5) is 12.7. The third-order valence-corrected chi connectivity index (χ3v) is 4.14. The smallest absolute Gasteiger partial charge is 0.223 e. The van der Waals surface area contributed by atoms with Gasteiger partial charge in [0.1, 0.15) is 11.6 Å². The summed E-state index contributed by atoms with van der Waals surface area (Å²) in [7, 11) is 4.11. The number of rotatable bonds is 4. The van der Waals surface area contributed by atoms with Crippen molar-refractivity contribution in [1.29, 1.82) is 0 Å². The van der Waals surface area contributed by atoms with Crippen molar-refractivity contribution in [3.8, 4) is 0 Å². The molecule has 2 aromatic rings. The lowest BCUT2D eigenvalue weighted by molar-refractivity contribution is 0.315. The average Bonchev–Trinajstić information content (AvgIpc) is 3.01. The van der Waals surface area contributed by atoms with Gasteiger partial charge in [-0.05, 0) is 32.6 Å². The number of benzene rings is 1. The Morgan fingerprint density at radius 1 is 1.21 bits per heavy atom. The van der Waals surface area contributed by atoms with Crippen LogP contribution in [0.25, 0.3) is 0 Å². The number of anilines is 4. The van der Waals surface area contributed by atoms with Crippen molar-refractivity contribution in [3.05, 3.63) is 35.9 Å². The Labute approximate surface area is 139 Å². The molecule has 1 fully saturated rings. The molecule has 3 N–H and O–H groups in total. The standard InChI is InChI=1S/C16H20F2N6/c1-23(2)11-5-6-24(9-11)15-8-14(21-16(19)22-15)20-10-3-4-12(17)13(18)7-10/h3-4,7-8,11H,5-6,9H2,1-2H3,(H3,19,20,21,22)/t11-/m1/s1. The molecule has 8 heteroatoms. The van der Waals surface area contributed by atoms with Gasteiger partial charge in [0.15, 0.2) is 11.6 Å². The van der Waals surface area contributed by atoms with Gasteiger partial charge in [0, 0.05) is 37.0 Å². The van der Waals surface area contributed by atoms with E-state index >= 15 is 0 Å². The topological polar surface area (TPSA) is 70.3 Å². The van der Waals surface area contributed by atoms with Gasteiger partial charge >= 0.3 is 0 Å². The lowest BCUT2D eigenvalue weighted by Crippen LogP contribution is -2.31. The first-order valence-corrected chi connectivity index (χ1v) is 7.70. The minimum absolute atomic E-state index is 0.130. The Hall–Kier alpha value is -2.48. The van der Waals surface area contributed by atoms with Gasteiger partial charge in [-0.3, -0.25) is 0 Å². The Morgan fingerprint density at radius 2 is 2.00 bits per heavy atom. The predicted octanol–water partition coefficient (Wildman–Crippen LogP) is 2.22. The second-order valence-corrected chi connectivity index (χ2v) is 6.08. The van der Waals surface area contributed by atoms with Crippen LogP contribution in [0.5, 0.6) is 0 Å². The molecule has 0 bridgehead atoms. The lowest BCUT2D eigenvalue weighted by atomic mass is 10.2. The maximum absolute atomic E-state index is 13.3. The molecular weight excluding hydrogens is 314 g/mol. The molecule has 0 spiro atoms. The zero-order valence-corrected chi connectivity index (χ0v) is 13.6. The van der Waals surface area contributed by atoms with E-state index < -0.39 is 11.6 Å². The fourth-order valence-electron chi connectivity index (χ4n) is 2.77. The van der Waals surface area contributed by atoms with Crippen molar-refractivity contribution in [2.75, 3.05) is 43.1 Å². The van der Waals surface area contributed by atoms with Crippen LogP contribution in [0.3, 0.4) is 0 Å². The summed E-state index contributed by atoms with van der Waals surface area (Å²) >= 11 is 0. The number of nitrogen functional groups attached to an aromatic ring is 1. The van der Waals surface area contributed by atoms with Gasteiger partial charge in [-0.1, -0.05) is 0 Å². The number of halogens is 2. The van der Waals surface area contributed by atoms with Crippen LogP contribution in [-0.4, -0.2) is 48.1 Å². The molecule has 0 unspecified atom stereocenters. The average molecular weight is 334 g/mol. The van der Waals surface area contributed by atoms with Crippen molar-refractivity contribution < 1.29 is 8.78 Å². The number of aromatic nitrogens is 2. The highest BCUT2D eigenvalue weighted by atomic mass is 19.2. The maximum Gasteiger partial charge on any atom is 0.223 e. The summed E-state index contributed by atoms with van der Waals surface area (Å²) in [5.41, 5.74) is 6.19. The van der Waals surface area contributed by atoms with Gasteiger partial charge in [-0.15, -0.1) is 0 Å². The number of nitrogens with zero attached hydrogens (tertiary/aromatic N) is 4. The van der Waals surface area contributed by atoms with Gasteiger partial charge in [0.05, 0.1) is 0 Å². The molecule has 3 rings (SSSR count). The third kappa shape index (κ3) is 3.53. The van der Waals surface area contributed by atoms with Gasteiger partial charge in [-0.2, -0.15) is 9.97 Å². The maximum atomic E-state index is 13.3. The fraction of sp³-hybridized carbons (Fsp3) is 0.375. The van der Waals surface area contributed by atoms with E-state index in [4.69, 9.17) is 5.73 Å². The molecule has 1 saturated heterocycles. The largest absolute Gasteiger partial charge is 0.368 e. The van der Waals surface area contributed by atoms with Crippen molar-refractivity contribution in [2.45, 2.75) is 12.5 Å². The van der Waals surface area contributed by atoms with Crippen LogP contribution < -0.4 is 16.0 Å². The SMILES string of the molecule is CN(C)[C@@H]1CCN(c2cc(Nc3ccc(F)c(F)c3)nc(N)n2)C1. The summed E-state index contributed by atoms with van der Waals surface area (Å²) in [6, 6.07) is 5.80. The summed E-state index contributed by atoms with van der Waals surface area (Å²) in [6.07, 6.45) is 1.04. The third-order valence-electron chi connectivity index (χ3n) is 4.14. The normalized spacial score (nSPS) is 17.5. The minimum Gasteiger partial charge on any atom is -0.368 e. The van der Waals surface area contributed by atoms with Crippen LogP contribution in [-0.2, 0) is 0 Å². The highest BCUT2D eigenvalue weighted by molar-refractivity contribution is 5.61. The highest BCUT2D eigenvalue weighted by Gasteiger charge is 2.25. The van der Waals surface area contributed by atoms with Gasteiger partial charge in [-0.25, -0.2) is 8.78 Å². The first-order chi connectivity index (χ1) is 11.4. The zero-order chi connectivity index (χ0) is 17.3. The van der Waals surface area contributed by atoms with Gasteiger partial charge < -0.3 is 20.9 Å². The van der Waals surface area contributed by atoms with Crippen molar-refractivity contribution in [2.24, 2.45) is 0 Å². The molecule has 0 saturated carbocycles. The van der Waals surface area contributed by atoms with Crippen LogP contribution in [0.15, 0.2) is 24.3 Å². The number of hydrogen-bond acceptors (Lipinski definition) is 6. The van der Waals surface area contributed by atoms with Gasteiger partial charge in [0.2, 0.25) is 5.95 Å². The zero-order valence-electron chi connectivity index (χ0n) is 13.6. The van der Waals surface area contributed by atoms with E-state index in [1.54, 1.807) is 6.07 Å². The van der Waals surface area contributed by atoms with E-state index in [2.05, 4.69) is 39.2 Å². The summed E-state index contributed by atoms with van der Waals surface area (Å²) in [5, 5.41) is 2.94. The Bertz CT molecular complexity index is 737. The molecule has 1 aromatic carbocycles. The number of hydrogen-bond donors (Lipinski definition) is 2. The first-order valence-electron chi connectivity index (χ1n) is 7.70. The molecule has 2 heterocycles. The first kappa shape index (κ1) is 16.4. The predicted molar refractivity (Wildman–Crippen MR) is 90.4 cm³/mol. The van der Waals surface area contributed by atoms with E-state index in [1.165, 1.54) is 6.07 Å². The molecule has 1 aliphatic heterocycles. The summed E-state index contributed by atoms with van der Waals surface area (Å²) in [5.74, 6) is -0.523. The van der Waals surface area contributed by atoms with Crippen molar-refractivity contribution in [1.82, 2.24) is 14.9 Å². The Balaban J connectivity index is 1.80. The molecule has 1 aromatic heterocycles. The number of nitrogens with two attached hydrogens (primary N) is 1. The molecule has 1 atom stereocenters. The molecule has 0 radical (unpaired) electrons. The van der Waals surface area contributed by atoms with E-state index in [9.17, 15) is 8.78 Å². The number of nitrogens with one attached hydrogen (secondary N) is 1. The van der Waals surface area contributed by atoms with Crippen molar-refractivity contribution in [3.63, 3.8) is 0 Å². The molecule has 24 heavy (non-hydrogen) atoms. The number of likely N-dealkylation sites (N-methyl/N-ethyl adjacent to an activating group) is 1. The monoisotopic (exact) mass is 334 g/mol. The van der Waals surface area contributed by atoms with Crippen LogP contribution in [0.1, 0.15) is 6.42 Å². The lowest BCUT2D eigenvalue weighted by Gasteiger charge is -2.21. The van der Waals surface area contributed by atoms with Gasteiger partial charge in [0.25, 0.3) is 0 Å². The minimum atomic E-state index is -0.921. The summed E-state index contributed by atoms with van der Waals surface area (Å²) < 4.78 is 26.3. The summed E-state index contributed by atoms with van der Waals surface area (Å²) in [6.45, 7) is 1.73. The molecule has 0 amide bonds. The molecule has 6 nitrogen and oxygen atoms in total. The molecule has 0 aliphatic carbocycles. The Kier molecular flexibility index (Phi) is 4.48. The van der Waals surface area contributed by atoms with E-state index in [0.29, 0.717) is 17.5 Å². The van der Waals surface area contributed by atoms with Crippen LogP contribution in [0, 0.1) is 11.6 Å². The van der Waals surface area contributed by atoms with E-state index in [-0.39, 0.29) is 5.95 Å². The quantitative estimate of drug-likeness (QED) is 0.893. The second-order valence-electron chi connectivity index (χ2n) is 6.08. The van der Waals surface area contributed by atoms with E-state index in [0.717, 1.165) is 37.5 Å². The highest BCUT2D eigenvalue weighted by Crippen LogP contribution is 2.25. The fourth-order valence-corrected chi connectivity index (χ4v) is 2.77. The van der Waals surface area contributed by atoms with E-state index in [1.807, 2.05) is 0 Å². The van der Waals surface area contributed by atoms with Crippen molar-refractivity contribution >= 4 is 23.3 Å². The molecule has 1 aliphatic rings. The van der Waals surface area contributed by atoms with Crippen LogP contribution >= 0.6 is 0 Å². The van der Waals surface area contributed by atoms with Crippen LogP contribution in [0.4, 0.5) is 32.1 Å². The Morgan fingerprint density at radius 3 is 2.67 bits per heavy atom. The second kappa shape index (κ2) is 6.56. The molecular formula is C16H20F2N6.